The SMILES string of the molecule is CN(C)S(=O)(=O)NOCCNc1nonc1C(=Nc1ccc(F)c(Br)c1)NO. The van der Waals surface area contributed by atoms with Crippen molar-refractivity contribution in [1.82, 2.24) is 25.0 Å². The van der Waals surface area contributed by atoms with E-state index in [-0.39, 0.29) is 35.0 Å². The van der Waals surface area contributed by atoms with Crippen molar-refractivity contribution in [2.45, 2.75) is 0 Å². The summed E-state index contributed by atoms with van der Waals surface area (Å²) in [5.41, 5.74) is 2.23. The standard InChI is InChI=1S/C13H17BrFN7O5S/c1-22(2)28(24,25)21-26-6-5-16-12-11(19-27-20-12)13(18-23)17-8-3-4-10(15)9(14)7-8/h3-4,7,21,23H,5-6H2,1-2H3,(H,16,20)(H,17,18). The Bertz CT molecular complexity index is 937. The first-order valence-electron chi connectivity index (χ1n) is 7.56. The molecular formula is C13H17BrFN7O5S. The summed E-state index contributed by atoms with van der Waals surface area (Å²) in [7, 11) is -1.01. The fourth-order valence-electron chi connectivity index (χ4n) is 1.69. The summed E-state index contributed by atoms with van der Waals surface area (Å²) in [6.45, 7) is 0.0707. The number of aromatic nitrogens is 2. The lowest BCUT2D eigenvalue weighted by Gasteiger charge is -2.12. The molecule has 0 aliphatic carbocycles. The molecule has 1 heterocycles. The zero-order valence-electron chi connectivity index (χ0n) is 14.7. The van der Waals surface area contributed by atoms with E-state index in [9.17, 15) is 18.0 Å². The molecule has 0 bridgehead atoms. The van der Waals surface area contributed by atoms with Gasteiger partial charge in [-0.05, 0) is 44.4 Å². The summed E-state index contributed by atoms with van der Waals surface area (Å²) >= 11 is 3.04. The van der Waals surface area contributed by atoms with Crippen molar-refractivity contribution < 1.29 is 27.5 Å². The van der Waals surface area contributed by atoms with Crippen molar-refractivity contribution in [3.05, 3.63) is 34.2 Å². The molecule has 2 rings (SSSR count). The lowest BCUT2D eigenvalue weighted by atomic mass is 10.3. The van der Waals surface area contributed by atoms with Crippen molar-refractivity contribution in [3.63, 3.8) is 0 Å². The number of nitrogens with zero attached hydrogens (tertiary/aromatic N) is 4. The van der Waals surface area contributed by atoms with Crippen LogP contribution in [0.2, 0.25) is 0 Å². The average Bonchev–Trinajstić information content (AvgIpc) is 3.10. The number of benzene rings is 1. The lowest BCUT2D eigenvalue weighted by Crippen LogP contribution is -2.36. The minimum absolute atomic E-state index is 0.0387. The third-order valence-corrected chi connectivity index (χ3v) is 5.00. The summed E-state index contributed by atoms with van der Waals surface area (Å²) in [5, 5.41) is 19.4. The highest BCUT2D eigenvalue weighted by molar-refractivity contribution is 9.10. The van der Waals surface area contributed by atoms with Gasteiger partial charge in [0.05, 0.1) is 16.8 Å². The Kier molecular flexibility index (Phi) is 7.78. The normalized spacial score (nSPS) is 12.4. The molecule has 0 amide bonds. The molecule has 0 spiro atoms. The molecule has 28 heavy (non-hydrogen) atoms. The predicted octanol–water partition coefficient (Wildman–Crippen LogP) is 0.768. The van der Waals surface area contributed by atoms with Crippen molar-refractivity contribution >= 4 is 43.5 Å². The molecule has 0 saturated carbocycles. The van der Waals surface area contributed by atoms with E-state index >= 15 is 0 Å². The van der Waals surface area contributed by atoms with E-state index in [0.29, 0.717) is 5.69 Å². The molecule has 0 aliphatic heterocycles. The number of aliphatic imine (C=N–C) groups is 1. The van der Waals surface area contributed by atoms with Crippen LogP contribution < -0.4 is 15.7 Å². The van der Waals surface area contributed by atoms with Crippen LogP contribution in [-0.2, 0) is 15.0 Å². The van der Waals surface area contributed by atoms with E-state index in [1.165, 1.54) is 32.3 Å². The molecule has 0 radical (unpaired) electrons. The van der Waals surface area contributed by atoms with Gasteiger partial charge in [0.25, 0.3) is 0 Å². The monoisotopic (exact) mass is 481 g/mol. The molecule has 12 nitrogen and oxygen atoms in total. The zero-order chi connectivity index (χ0) is 20.7. The van der Waals surface area contributed by atoms with Crippen LogP contribution in [0.5, 0.6) is 0 Å². The maximum absolute atomic E-state index is 13.3. The minimum atomic E-state index is -3.71. The molecule has 1 aromatic carbocycles. The number of hydrogen-bond donors (Lipinski definition) is 4. The highest BCUT2D eigenvalue weighted by Crippen LogP contribution is 2.23. The fourth-order valence-corrected chi connectivity index (χ4v) is 2.43. The Hall–Kier alpha value is -2.17. The van der Waals surface area contributed by atoms with Gasteiger partial charge in [-0.1, -0.05) is 4.89 Å². The van der Waals surface area contributed by atoms with Crippen molar-refractivity contribution in [1.29, 1.82) is 0 Å². The first-order valence-corrected chi connectivity index (χ1v) is 9.79. The molecular weight excluding hydrogens is 465 g/mol. The molecule has 2 aromatic rings. The van der Waals surface area contributed by atoms with Crippen LogP contribution in [0.15, 0.2) is 32.3 Å². The number of rotatable bonds is 9. The highest BCUT2D eigenvalue weighted by Gasteiger charge is 2.17. The first kappa shape index (κ1) is 22.1. The molecule has 0 saturated heterocycles. The average molecular weight is 482 g/mol. The number of nitrogens with one attached hydrogen (secondary N) is 3. The summed E-state index contributed by atoms with van der Waals surface area (Å²) in [5.74, 6) is -0.468. The number of hydrogen-bond acceptors (Lipinski definition) is 9. The van der Waals surface area contributed by atoms with Gasteiger partial charge in [-0.15, -0.1) is 0 Å². The second-order valence-electron chi connectivity index (χ2n) is 5.28. The molecule has 0 atom stereocenters. The Labute approximate surface area is 167 Å². The van der Waals surface area contributed by atoms with Crippen LogP contribution >= 0.6 is 15.9 Å². The quantitative estimate of drug-likeness (QED) is 0.176. The van der Waals surface area contributed by atoms with Crippen molar-refractivity contribution in [2.75, 3.05) is 32.6 Å². The number of amidine groups is 1. The largest absolute Gasteiger partial charge is 0.363 e. The van der Waals surface area contributed by atoms with Crippen LogP contribution in [0.3, 0.4) is 0 Å². The smallest absolute Gasteiger partial charge is 0.301 e. The number of hydroxylamine groups is 1. The van der Waals surface area contributed by atoms with Gasteiger partial charge >= 0.3 is 10.2 Å². The number of halogens is 2. The predicted molar refractivity (Wildman–Crippen MR) is 99.7 cm³/mol. The van der Waals surface area contributed by atoms with Gasteiger partial charge in [-0.3, -0.25) is 15.5 Å². The molecule has 0 unspecified atom stereocenters. The van der Waals surface area contributed by atoms with Crippen molar-refractivity contribution in [3.8, 4) is 0 Å². The Morgan fingerprint density at radius 2 is 2.18 bits per heavy atom. The van der Waals surface area contributed by atoms with Gasteiger partial charge in [0.15, 0.2) is 11.5 Å². The van der Waals surface area contributed by atoms with Crippen LogP contribution in [0.25, 0.3) is 0 Å². The molecule has 15 heteroatoms. The first-order chi connectivity index (χ1) is 13.2. The lowest BCUT2D eigenvalue weighted by molar-refractivity contribution is 0.0982. The van der Waals surface area contributed by atoms with Gasteiger partial charge in [0.1, 0.15) is 5.82 Å². The van der Waals surface area contributed by atoms with E-state index in [0.717, 1.165) is 4.31 Å². The minimum Gasteiger partial charge on any atom is -0.363 e. The second-order valence-corrected chi connectivity index (χ2v) is 7.98. The van der Waals surface area contributed by atoms with Crippen LogP contribution in [-0.4, -0.2) is 61.3 Å². The second kappa shape index (κ2) is 9.85. The molecule has 0 fully saturated rings. The van der Waals surface area contributed by atoms with Crippen LogP contribution in [0, 0.1) is 5.82 Å². The summed E-state index contributed by atoms with van der Waals surface area (Å²) in [4.78, 5) is 10.9. The Morgan fingerprint density at radius 3 is 2.82 bits per heavy atom. The highest BCUT2D eigenvalue weighted by atomic mass is 79.9. The van der Waals surface area contributed by atoms with Gasteiger partial charge in [0, 0.05) is 20.6 Å². The van der Waals surface area contributed by atoms with Gasteiger partial charge in [-0.2, -0.15) is 12.7 Å². The van der Waals surface area contributed by atoms with Gasteiger partial charge in [-0.25, -0.2) is 14.0 Å². The van der Waals surface area contributed by atoms with Gasteiger partial charge < -0.3 is 5.32 Å². The maximum atomic E-state index is 13.3. The van der Waals surface area contributed by atoms with E-state index in [1.54, 1.807) is 0 Å². The maximum Gasteiger partial charge on any atom is 0.301 e. The van der Waals surface area contributed by atoms with E-state index < -0.39 is 16.0 Å². The van der Waals surface area contributed by atoms with Gasteiger partial charge in [0.2, 0.25) is 5.82 Å². The molecule has 154 valence electrons. The third kappa shape index (κ3) is 5.91. The van der Waals surface area contributed by atoms with E-state index in [1.807, 2.05) is 10.4 Å². The topological polar surface area (TPSA) is 154 Å². The molecule has 0 aliphatic rings. The fraction of sp³-hybridized carbons (Fsp3) is 0.308. The van der Waals surface area contributed by atoms with E-state index in [4.69, 9.17) is 4.84 Å². The molecule has 4 N–H and O–H groups in total. The summed E-state index contributed by atoms with van der Waals surface area (Å²) in [6, 6.07) is 3.99. The third-order valence-electron chi connectivity index (χ3n) is 3.10. The van der Waals surface area contributed by atoms with Crippen molar-refractivity contribution in [2.24, 2.45) is 4.99 Å². The van der Waals surface area contributed by atoms with Crippen LogP contribution in [0.1, 0.15) is 5.69 Å². The van der Waals surface area contributed by atoms with Crippen LogP contribution in [0.4, 0.5) is 15.9 Å². The number of anilines is 1. The Balaban J connectivity index is 2.01. The zero-order valence-corrected chi connectivity index (χ0v) is 17.1. The van der Waals surface area contributed by atoms with E-state index in [2.05, 4.69) is 41.2 Å². The molecule has 1 aromatic heterocycles. The Morgan fingerprint density at radius 1 is 1.43 bits per heavy atom. The summed E-state index contributed by atoms with van der Waals surface area (Å²) < 4.78 is 42.0. The summed E-state index contributed by atoms with van der Waals surface area (Å²) in [6.07, 6.45) is 0.